The maximum absolute atomic E-state index is 13.3. The van der Waals surface area contributed by atoms with E-state index in [4.69, 9.17) is 4.74 Å². The number of nitro groups is 1. The predicted molar refractivity (Wildman–Crippen MR) is 107 cm³/mol. The fourth-order valence-corrected chi connectivity index (χ4v) is 5.83. The summed E-state index contributed by atoms with van der Waals surface area (Å²) in [6, 6.07) is 11.0. The minimum absolute atomic E-state index is 0.0978. The smallest absolute Gasteiger partial charge is 0.329 e. The fourth-order valence-electron chi connectivity index (χ4n) is 3.91. The number of sulfone groups is 1. The van der Waals surface area contributed by atoms with Crippen molar-refractivity contribution < 1.29 is 22.9 Å². The molecule has 0 unspecified atom stereocenters. The number of amides is 2. The normalized spacial score (nSPS) is 22.6. The molecule has 0 bridgehead atoms. The Hall–Kier alpha value is -3.14. The van der Waals surface area contributed by atoms with E-state index < -0.39 is 26.8 Å². The lowest BCUT2D eigenvalue weighted by Crippen LogP contribution is -2.37. The Morgan fingerprint density at radius 3 is 1.93 bits per heavy atom. The van der Waals surface area contributed by atoms with E-state index in [1.165, 1.54) is 34.1 Å². The third-order valence-electron chi connectivity index (χ3n) is 5.13. The largest absolute Gasteiger partial charge is 0.494 e. The number of rotatable bonds is 5. The zero-order valence-electron chi connectivity index (χ0n) is 15.6. The van der Waals surface area contributed by atoms with E-state index in [0.29, 0.717) is 23.7 Å². The van der Waals surface area contributed by atoms with Crippen molar-refractivity contribution in [1.82, 2.24) is 0 Å². The molecule has 0 saturated carbocycles. The lowest BCUT2D eigenvalue weighted by Gasteiger charge is -2.22. The summed E-state index contributed by atoms with van der Waals surface area (Å²) in [6.45, 7) is 2.38. The topological polar surface area (TPSA) is 110 Å². The van der Waals surface area contributed by atoms with Crippen LogP contribution in [0.15, 0.2) is 48.5 Å². The summed E-state index contributed by atoms with van der Waals surface area (Å²) in [5.41, 5.74) is 0.912. The van der Waals surface area contributed by atoms with Crippen LogP contribution >= 0.6 is 0 Å². The number of ether oxygens (including phenoxy) is 1. The minimum Gasteiger partial charge on any atom is -0.494 e. The number of non-ortho nitro benzene ring substituents is 1. The highest BCUT2D eigenvalue weighted by Gasteiger charge is 2.54. The van der Waals surface area contributed by atoms with E-state index in [2.05, 4.69) is 0 Å². The predicted octanol–water partition coefficient (Wildman–Crippen LogP) is 2.61. The second kappa shape index (κ2) is 7.03. The van der Waals surface area contributed by atoms with E-state index in [1.54, 1.807) is 24.3 Å². The molecular formula is C19H19N3O6S. The van der Waals surface area contributed by atoms with Gasteiger partial charge in [-0.05, 0) is 43.3 Å². The van der Waals surface area contributed by atoms with Gasteiger partial charge in [-0.25, -0.2) is 13.2 Å². The molecule has 0 aromatic heterocycles. The number of nitro benzene ring substituents is 1. The van der Waals surface area contributed by atoms with Crippen LogP contribution in [0.2, 0.25) is 0 Å². The molecule has 2 aromatic carbocycles. The van der Waals surface area contributed by atoms with Gasteiger partial charge in [0, 0.05) is 23.5 Å². The Kier molecular flexibility index (Phi) is 4.65. The molecule has 152 valence electrons. The molecule has 2 fully saturated rings. The molecule has 2 heterocycles. The van der Waals surface area contributed by atoms with Crippen molar-refractivity contribution in [3.05, 3.63) is 58.6 Å². The number of hydrogen-bond acceptors (Lipinski definition) is 6. The van der Waals surface area contributed by atoms with Gasteiger partial charge in [0.25, 0.3) is 5.69 Å². The summed E-state index contributed by atoms with van der Waals surface area (Å²) < 4.78 is 30.1. The molecular weight excluding hydrogens is 398 g/mol. The first-order valence-electron chi connectivity index (χ1n) is 9.11. The van der Waals surface area contributed by atoms with Crippen LogP contribution < -0.4 is 14.5 Å². The number of hydrogen-bond donors (Lipinski definition) is 0. The molecule has 2 atom stereocenters. The van der Waals surface area contributed by atoms with Gasteiger partial charge in [-0.1, -0.05) is 0 Å². The van der Waals surface area contributed by atoms with Gasteiger partial charge >= 0.3 is 6.03 Å². The highest BCUT2D eigenvalue weighted by atomic mass is 32.2. The molecule has 10 heteroatoms. The molecule has 2 saturated heterocycles. The van der Waals surface area contributed by atoms with Gasteiger partial charge in [-0.3, -0.25) is 19.9 Å². The first kappa shape index (κ1) is 19.2. The number of urea groups is 1. The monoisotopic (exact) mass is 417 g/mol. The number of carbonyl (C=O) groups is 1. The summed E-state index contributed by atoms with van der Waals surface area (Å²) in [5, 5.41) is 10.9. The van der Waals surface area contributed by atoms with Gasteiger partial charge in [0.1, 0.15) is 5.75 Å². The molecule has 0 radical (unpaired) electrons. The van der Waals surface area contributed by atoms with Crippen molar-refractivity contribution in [2.75, 3.05) is 27.9 Å². The zero-order chi connectivity index (χ0) is 20.8. The number of fused-ring (bicyclic) bond motifs is 1. The van der Waals surface area contributed by atoms with Crippen molar-refractivity contribution in [1.29, 1.82) is 0 Å². The SMILES string of the molecule is CCOc1ccc(N2C(=O)N(c3ccc([N+](=O)[O-])cc3)[C@@H]3CS(=O)(=O)C[C@@H]32)cc1. The Bertz CT molecular complexity index is 1050. The van der Waals surface area contributed by atoms with Crippen molar-refractivity contribution in [2.45, 2.75) is 19.0 Å². The van der Waals surface area contributed by atoms with Gasteiger partial charge in [0.15, 0.2) is 9.84 Å². The quantitative estimate of drug-likeness (QED) is 0.420. The third-order valence-corrected chi connectivity index (χ3v) is 6.83. The second-order valence-electron chi connectivity index (χ2n) is 6.93. The van der Waals surface area contributed by atoms with Crippen LogP contribution in [0.5, 0.6) is 5.75 Å². The van der Waals surface area contributed by atoms with Crippen molar-refractivity contribution in [2.24, 2.45) is 0 Å². The molecule has 9 nitrogen and oxygen atoms in total. The van der Waals surface area contributed by atoms with Gasteiger partial charge in [-0.15, -0.1) is 0 Å². The summed E-state index contributed by atoms with van der Waals surface area (Å²) in [4.78, 5) is 26.6. The molecule has 2 amide bonds. The van der Waals surface area contributed by atoms with Crippen LogP contribution in [-0.2, 0) is 9.84 Å². The van der Waals surface area contributed by atoms with E-state index in [-0.39, 0.29) is 23.2 Å². The van der Waals surface area contributed by atoms with Gasteiger partial charge in [-0.2, -0.15) is 0 Å². The molecule has 0 spiro atoms. The zero-order valence-corrected chi connectivity index (χ0v) is 16.4. The molecule has 2 aliphatic heterocycles. The van der Waals surface area contributed by atoms with Gasteiger partial charge < -0.3 is 4.74 Å². The Morgan fingerprint density at radius 2 is 1.48 bits per heavy atom. The minimum atomic E-state index is -3.32. The average molecular weight is 417 g/mol. The number of benzene rings is 2. The van der Waals surface area contributed by atoms with Crippen LogP contribution in [-0.4, -0.2) is 49.6 Å². The van der Waals surface area contributed by atoms with Crippen LogP contribution in [0, 0.1) is 10.1 Å². The number of anilines is 2. The van der Waals surface area contributed by atoms with Crippen LogP contribution in [0.25, 0.3) is 0 Å². The van der Waals surface area contributed by atoms with E-state index in [0.717, 1.165) is 0 Å². The Balaban J connectivity index is 1.71. The summed E-state index contributed by atoms with van der Waals surface area (Å²) in [7, 11) is -3.32. The van der Waals surface area contributed by atoms with E-state index in [9.17, 15) is 23.3 Å². The molecule has 4 rings (SSSR count). The van der Waals surface area contributed by atoms with Gasteiger partial charge in [0.05, 0.1) is 35.1 Å². The maximum atomic E-state index is 13.3. The van der Waals surface area contributed by atoms with Crippen molar-refractivity contribution in [3.63, 3.8) is 0 Å². The van der Waals surface area contributed by atoms with Crippen molar-refractivity contribution in [3.8, 4) is 5.75 Å². The summed E-state index contributed by atoms with van der Waals surface area (Å²) in [5.74, 6) is 0.388. The van der Waals surface area contributed by atoms with Crippen LogP contribution in [0.1, 0.15) is 6.92 Å². The van der Waals surface area contributed by atoms with Crippen LogP contribution in [0.4, 0.5) is 21.9 Å². The van der Waals surface area contributed by atoms with Gasteiger partial charge in [0.2, 0.25) is 0 Å². The fraction of sp³-hybridized carbons (Fsp3) is 0.316. The summed E-state index contributed by atoms with van der Waals surface area (Å²) in [6.07, 6.45) is 0. The standard InChI is InChI=1S/C19H19N3O6S/c1-2-28-16-9-7-14(8-10-16)21-18-12-29(26,27)11-17(18)20(19(21)23)13-3-5-15(6-4-13)22(24)25/h3-10,17-18H,2,11-12H2,1H3/t17-,18+/m1/s1. The van der Waals surface area contributed by atoms with Crippen molar-refractivity contribution >= 4 is 32.9 Å². The molecule has 0 N–H and O–H groups in total. The lowest BCUT2D eigenvalue weighted by atomic mass is 10.1. The Morgan fingerprint density at radius 1 is 1.00 bits per heavy atom. The Labute approximate surface area is 167 Å². The highest BCUT2D eigenvalue weighted by molar-refractivity contribution is 7.91. The van der Waals surface area contributed by atoms with E-state index >= 15 is 0 Å². The summed E-state index contributed by atoms with van der Waals surface area (Å²) >= 11 is 0. The molecule has 0 aliphatic carbocycles. The molecule has 29 heavy (non-hydrogen) atoms. The molecule has 2 aromatic rings. The number of nitrogens with zero attached hydrogens (tertiary/aromatic N) is 3. The first-order chi connectivity index (χ1) is 13.8. The highest BCUT2D eigenvalue weighted by Crippen LogP contribution is 2.38. The second-order valence-corrected chi connectivity index (χ2v) is 9.09. The lowest BCUT2D eigenvalue weighted by molar-refractivity contribution is -0.384. The third kappa shape index (κ3) is 3.39. The number of carbonyl (C=O) groups excluding carboxylic acids is 1. The van der Waals surface area contributed by atoms with E-state index in [1.807, 2.05) is 6.92 Å². The molecule has 2 aliphatic rings. The maximum Gasteiger partial charge on any atom is 0.329 e. The van der Waals surface area contributed by atoms with Crippen LogP contribution in [0.3, 0.4) is 0 Å². The average Bonchev–Trinajstić information content (AvgIpc) is 3.11. The first-order valence-corrected chi connectivity index (χ1v) is 10.9.